The van der Waals surface area contributed by atoms with E-state index >= 15 is 0 Å². The van der Waals surface area contributed by atoms with Gasteiger partial charge in [0.2, 0.25) is 0 Å². The molecule has 3 aromatic rings. The van der Waals surface area contributed by atoms with E-state index in [1.165, 1.54) is 6.21 Å². The Kier molecular flexibility index (Phi) is 4.41. The zero-order valence-electron chi connectivity index (χ0n) is 15.3. The van der Waals surface area contributed by atoms with E-state index in [0.29, 0.717) is 22.6 Å². The molecule has 7 heteroatoms. The summed E-state index contributed by atoms with van der Waals surface area (Å²) in [6.45, 7) is 0. The summed E-state index contributed by atoms with van der Waals surface area (Å²) in [5.74, 6) is 0.146. The highest BCUT2D eigenvalue weighted by Crippen LogP contribution is 2.31. The molecule has 2 aromatic carbocycles. The number of H-pyrrole nitrogens is 1. The highest BCUT2D eigenvalue weighted by Gasteiger charge is 2.32. The number of carbonyl (C=O) groups is 2. The molecule has 0 unspecified atom stereocenters. The molecule has 2 N–H and O–H groups in total. The van der Waals surface area contributed by atoms with Crippen molar-refractivity contribution >= 4 is 34.5 Å². The van der Waals surface area contributed by atoms with Crippen LogP contribution in [0.3, 0.4) is 0 Å². The second-order valence-electron chi connectivity index (χ2n) is 6.13. The first kappa shape index (κ1) is 17.5. The molecule has 0 bridgehead atoms. The smallest absolute Gasteiger partial charge is 0.277 e. The summed E-state index contributed by atoms with van der Waals surface area (Å²) in [6, 6.07) is 12.8. The Bertz CT molecular complexity index is 1160. The Morgan fingerprint density at radius 2 is 1.75 bits per heavy atom. The van der Waals surface area contributed by atoms with Crippen molar-refractivity contribution in [2.45, 2.75) is 0 Å². The monoisotopic (exact) mass is 375 g/mol. The molecular weight excluding hydrogens is 358 g/mol. The van der Waals surface area contributed by atoms with Crippen LogP contribution >= 0.6 is 0 Å². The Labute approximate surface area is 160 Å². The van der Waals surface area contributed by atoms with Crippen molar-refractivity contribution in [3.8, 4) is 11.5 Å². The van der Waals surface area contributed by atoms with Gasteiger partial charge in [-0.3, -0.25) is 14.9 Å². The maximum atomic E-state index is 12.4. The molecule has 2 amide bonds. The summed E-state index contributed by atoms with van der Waals surface area (Å²) >= 11 is 0. The van der Waals surface area contributed by atoms with Crippen LogP contribution in [0.1, 0.15) is 11.1 Å². The van der Waals surface area contributed by atoms with E-state index in [4.69, 9.17) is 9.47 Å². The molecular formula is C21H17N3O4. The van der Waals surface area contributed by atoms with Crippen LogP contribution in [-0.4, -0.2) is 37.2 Å². The van der Waals surface area contributed by atoms with Crippen molar-refractivity contribution in [3.63, 3.8) is 0 Å². The lowest BCUT2D eigenvalue weighted by atomic mass is 10.0. The third kappa shape index (κ3) is 2.92. The molecule has 1 aliphatic heterocycles. The number of hydrogen-bond acceptors (Lipinski definition) is 5. The quantitative estimate of drug-likeness (QED) is 0.530. The van der Waals surface area contributed by atoms with Gasteiger partial charge in [0.05, 0.1) is 19.8 Å². The van der Waals surface area contributed by atoms with Crippen molar-refractivity contribution in [2.24, 2.45) is 4.99 Å². The van der Waals surface area contributed by atoms with Crippen LogP contribution in [-0.2, 0) is 9.59 Å². The van der Waals surface area contributed by atoms with E-state index in [0.717, 1.165) is 10.9 Å². The average Bonchev–Trinajstić information content (AvgIpc) is 3.25. The Morgan fingerprint density at radius 1 is 0.964 bits per heavy atom. The van der Waals surface area contributed by atoms with Crippen molar-refractivity contribution in [3.05, 3.63) is 65.5 Å². The van der Waals surface area contributed by atoms with Crippen molar-refractivity contribution in [1.29, 1.82) is 0 Å². The number of hydrogen-bond donors (Lipinski definition) is 2. The number of amides is 2. The molecule has 0 spiro atoms. The van der Waals surface area contributed by atoms with Gasteiger partial charge in [-0.25, -0.2) is 4.99 Å². The average molecular weight is 375 g/mol. The molecule has 140 valence electrons. The number of para-hydroxylation sites is 1. The van der Waals surface area contributed by atoms with Crippen LogP contribution in [0.25, 0.3) is 16.5 Å². The van der Waals surface area contributed by atoms with Gasteiger partial charge in [-0.15, -0.1) is 0 Å². The SMILES string of the molecule is COc1ccc(C=NC2=C(c3c[nH]c4ccccc34)C(=O)NC2=O)cc1OC. The van der Waals surface area contributed by atoms with E-state index < -0.39 is 11.8 Å². The first-order chi connectivity index (χ1) is 13.6. The number of imide groups is 1. The number of carbonyl (C=O) groups excluding carboxylic acids is 2. The van der Waals surface area contributed by atoms with E-state index in [9.17, 15) is 9.59 Å². The van der Waals surface area contributed by atoms with Gasteiger partial charge in [0, 0.05) is 28.9 Å². The minimum atomic E-state index is -0.526. The second kappa shape index (κ2) is 7.03. The summed E-state index contributed by atoms with van der Waals surface area (Å²) in [5.41, 5.74) is 2.54. The Morgan fingerprint density at radius 3 is 2.54 bits per heavy atom. The van der Waals surface area contributed by atoms with Gasteiger partial charge in [-0.2, -0.15) is 0 Å². The molecule has 0 saturated carbocycles. The number of ether oxygens (including phenoxy) is 2. The maximum Gasteiger partial charge on any atom is 0.277 e. The molecule has 0 atom stereocenters. The fourth-order valence-corrected chi connectivity index (χ4v) is 3.17. The molecule has 0 fully saturated rings. The first-order valence-corrected chi connectivity index (χ1v) is 8.55. The molecule has 28 heavy (non-hydrogen) atoms. The highest BCUT2D eigenvalue weighted by atomic mass is 16.5. The van der Waals surface area contributed by atoms with Gasteiger partial charge in [0.25, 0.3) is 11.8 Å². The lowest BCUT2D eigenvalue weighted by Crippen LogP contribution is -2.22. The third-order valence-corrected chi connectivity index (χ3v) is 4.51. The Hall–Kier alpha value is -3.87. The van der Waals surface area contributed by atoms with Crippen LogP contribution in [0.4, 0.5) is 0 Å². The van der Waals surface area contributed by atoms with Crippen LogP contribution in [0, 0.1) is 0 Å². The minimum Gasteiger partial charge on any atom is -0.493 e. The molecule has 0 aliphatic carbocycles. The number of benzene rings is 2. The summed E-state index contributed by atoms with van der Waals surface area (Å²) in [5, 5.41) is 3.17. The lowest BCUT2D eigenvalue weighted by molar-refractivity contribution is -0.123. The highest BCUT2D eigenvalue weighted by molar-refractivity contribution is 6.37. The van der Waals surface area contributed by atoms with Gasteiger partial charge in [0.1, 0.15) is 5.70 Å². The summed E-state index contributed by atoms with van der Waals surface area (Å²) < 4.78 is 10.5. The van der Waals surface area contributed by atoms with E-state index in [1.807, 2.05) is 24.3 Å². The number of fused-ring (bicyclic) bond motifs is 1. The topological polar surface area (TPSA) is 92.8 Å². The zero-order chi connectivity index (χ0) is 19.7. The maximum absolute atomic E-state index is 12.4. The van der Waals surface area contributed by atoms with Gasteiger partial charge >= 0.3 is 0 Å². The second-order valence-corrected chi connectivity index (χ2v) is 6.13. The van der Waals surface area contributed by atoms with Gasteiger partial charge in [0.15, 0.2) is 11.5 Å². The molecule has 0 saturated heterocycles. The summed E-state index contributed by atoms with van der Waals surface area (Å²) in [6.07, 6.45) is 3.23. The van der Waals surface area contributed by atoms with E-state index in [-0.39, 0.29) is 11.3 Å². The van der Waals surface area contributed by atoms with Crippen LogP contribution in [0.15, 0.2) is 59.4 Å². The number of aromatic nitrogens is 1. The number of aromatic amines is 1. The van der Waals surface area contributed by atoms with Crippen LogP contribution in [0.5, 0.6) is 11.5 Å². The summed E-state index contributed by atoms with van der Waals surface area (Å²) in [4.78, 5) is 32.2. The van der Waals surface area contributed by atoms with Gasteiger partial charge in [-0.1, -0.05) is 18.2 Å². The van der Waals surface area contributed by atoms with Crippen molar-refractivity contribution in [1.82, 2.24) is 10.3 Å². The molecule has 0 radical (unpaired) electrons. The third-order valence-electron chi connectivity index (χ3n) is 4.51. The van der Waals surface area contributed by atoms with Crippen LogP contribution in [0.2, 0.25) is 0 Å². The Balaban J connectivity index is 1.78. The number of nitrogens with one attached hydrogen (secondary N) is 2. The molecule has 1 aromatic heterocycles. The standard InChI is InChI=1S/C21H17N3O4/c1-27-16-8-7-12(9-17(16)28-2)10-23-19-18(20(25)24-21(19)26)14-11-22-15-6-4-3-5-13(14)15/h3-11,22H,1-2H3,(H,24,25,26). The fraction of sp³-hybridized carbons (Fsp3) is 0.0952. The van der Waals surface area contributed by atoms with Crippen molar-refractivity contribution < 1.29 is 19.1 Å². The van der Waals surface area contributed by atoms with E-state index in [1.54, 1.807) is 38.6 Å². The van der Waals surface area contributed by atoms with Gasteiger partial charge < -0.3 is 14.5 Å². The lowest BCUT2D eigenvalue weighted by Gasteiger charge is -2.07. The molecule has 2 heterocycles. The number of aliphatic imine (C=N–C) groups is 1. The van der Waals surface area contributed by atoms with Crippen LogP contribution < -0.4 is 14.8 Å². The number of nitrogens with zero attached hydrogens (tertiary/aromatic N) is 1. The molecule has 7 nitrogen and oxygen atoms in total. The molecule has 1 aliphatic rings. The van der Waals surface area contributed by atoms with Crippen molar-refractivity contribution in [2.75, 3.05) is 14.2 Å². The normalized spacial score (nSPS) is 14.2. The number of rotatable bonds is 5. The predicted molar refractivity (Wildman–Crippen MR) is 106 cm³/mol. The van der Waals surface area contributed by atoms with Gasteiger partial charge in [-0.05, 0) is 29.8 Å². The minimum absolute atomic E-state index is 0.0736. The largest absolute Gasteiger partial charge is 0.493 e. The first-order valence-electron chi connectivity index (χ1n) is 8.55. The van der Waals surface area contributed by atoms with E-state index in [2.05, 4.69) is 15.3 Å². The number of methoxy groups -OCH3 is 2. The zero-order valence-corrected chi connectivity index (χ0v) is 15.3. The summed E-state index contributed by atoms with van der Waals surface area (Å²) in [7, 11) is 3.10. The molecule has 4 rings (SSSR count). The predicted octanol–water partition coefficient (Wildman–Crippen LogP) is 2.67. The fourth-order valence-electron chi connectivity index (χ4n) is 3.17.